The first-order chi connectivity index (χ1) is 11.3. The van der Waals surface area contributed by atoms with E-state index in [-0.39, 0.29) is 12.1 Å². The number of aryl methyl sites for hydroxylation is 2. The molecule has 134 valence electrons. The largest absolute Gasteiger partial charge is 0.444 e. The van der Waals surface area contributed by atoms with Gasteiger partial charge in [-0.2, -0.15) is 0 Å². The number of ether oxygens (including phenoxy) is 1. The first-order valence-corrected chi connectivity index (χ1v) is 9.30. The van der Waals surface area contributed by atoms with Crippen molar-refractivity contribution in [3.05, 3.63) is 29.6 Å². The third kappa shape index (κ3) is 5.22. The number of unbranched alkanes of at least 4 members (excludes halogenated alkanes) is 1. The maximum atomic E-state index is 12.6. The second-order valence-electron chi connectivity index (χ2n) is 7.92. The summed E-state index contributed by atoms with van der Waals surface area (Å²) in [5.74, 6) is 0. The van der Waals surface area contributed by atoms with Crippen LogP contribution in [0.25, 0.3) is 0 Å². The molecule has 2 rings (SSSR count). The Hall–Kier alpha value is -1.58. The van der Waals surface area contributed by atoms with Crippen LogP contribution in [0.4, 0.5) is 4.79 Å². The summed E-state index contributed by atoms with van der Waals surface area (Å²) in [6.45, 7) is 11.9. The molecule has 1 aliphatic rings. The van der Waals surface area contributed by atoms with Gasteiger partial charge in [-0.05, 0) is 53.0 Å². The van der Waals surface area contributed by atoms with E-state index >= 15 is 0 Å². The van der Waals surface area contributed by atoms with E-state index in [0.29, 0.717) is 0 Å². The second kappa shape index (κ2) is 8.00. The van der Waals surface area contributed by atoms with Gasteiger partial charge in [0.25, 0.3) is 0 Å². The zero-order chi connectivity index (χ0) is 17.7. The number of amides is 1. The number of carbonyl (C=O) groups excluding carboxylic acids is 1. The third-order valence-corrected chi connectivity index (χ3v) is 4.36. The first-order valence-electron chi connectivity index (χ1n) is 9.30. The lowest BCUT2D eigenvalue weighted by Gasteiger charge is -2.36. The lowest BCUT2D eigenvalue weighted by molar-refractivity contribution is -0.698. The molecule has 0 spiro atoms. The summed E-state index contributed by atoms with van der Waals surface area (Å²) in [4.78, 5) is 14.6. The second-order valence-corrected chi connectivity index (χ2v) is 7.92. The molecule has 4 heteroatoms. The fourth-order valence-electron chi connectivity index (χ4n) is 3.30. The molecule has 0 aromatic carbocycles. The summed E-state index contributed by atoms with van der Waals surface area (Å²) in [5, 5.41) is 0. The number of rotatable bonds is 4. The molecule has 1 amide bonds. The van der Waals surface area contributed by atoms with Gasteiger partial charge in [0.2, 0.25) is 0 Å². The van der Waals surface area contributed by atoms with Gasteiger partial charge in [-0.15, -0.1) is 0 Å². The summed E-state index contributed by atoms with van der Waals surface area (Å²) in [6.07, 6.45) is 9.81. The Morgan fingerprint density at radius 3 is 2.75 bits per heavy atom. The van der Waals surface area contributed by atoms with Crippen molar-refractivity contribution in [3.8, 4) is 0 Å². The van der Waals surface area contributed by atoms with Crippen molar-refractivity contribution in [2.75, 3.05) is 6.54 Å². The highest BCUT2D eigenvalue weighted by molar-refractivity contribution is 5.69. The Morgan fingerprint density at radius 1 is 1.33 bits per heavy atom. The first kappa shape index (κ1) is 18.8. The van der Waals surface area contributed by atoms with Gasteiger partial charge in [0, 0.05) is 24.1 Å². The molecule has 1 atom stereocenters. The number of carbonyl (C=O) groups is 1. The lowest BCUT2D eigenvalue weighted by Crippen LogP contribution is -2.43. The van der Waals surface area contributed by atoms with Crippen LogP contribution in [0, 0.1) is 6.92 Å². The van der Waals surface area contributed by atoms with E-state index in [9.17, 15) is 4.79 Å². The molecule has 0 bridgehead atoms. The predicted molar refractivity (Wildman–Crippen MR) is 95.8 cm³/mol. The molecule has 1 aromatic heterocycles. The number of nitrogens with zero attached hydrogens (tertiary/aromatic N) is 2. The minimum absolute atomic E-state index is 0.126. The van der Waals surface area contributed by atoms with E-state index in [0.717, 1.165) is 32.4 Å². The zero-order valence-corrected chi connectivity index (χ0v) is 16.0. The van der Waals surface area contributed by atoms with Crippen LogP contribution in [0.5, 0.6) is 0 Å². The van der Waals surface area contributed by atoms with Gasteiger partial charge >= 0.3 is 6.09 Å². The minimum atomic E-state index is -0.452. The van der Waals surface area contributed by atoms with Crippen molar-refractivity contribution in [2.45, 2.75) is 84.9 Å². The van der Waals surface area contributed by atoms with Crippen LogP contribution in [-0.2, 0) is 11.3 Å². The van der Waals surface area contributed by atoms with Crippen LogP contribution in [0.1, 0.15) is 77.0 Å². The summed E-state index contributed by atoms with van der Waals surface area (Å²) < 4.78 is 7.91. The Labute approximate surface area is 146 Å². The number of hydrogen-bond acceptors (Lipinski definition) is 2. The Kier molecular flexibility index (Phi) is 6.25. The molecule has 0 aliphatic carbocycles. The molecule has 0 radical (unpaired) electrons. The Bertz CT molecular complexity index is 563. The van der Waals surface area contributed by atoms with E-state index in [1.165, 1.54) is 24.0 Å². The zero-order valence-electron chi connectivity index (χ0n) is 16.0. The van der Waals surface area contributed by atoms with Gasteiger partial charge < -0.3 is 9.64 Å². The molecular formula is C20H33N2O2+. The van der Waals surface area contributed by atoms with Crippen molar-refractivity contribution in [3.63, 3.8) is 0 Å². The highest BCUT2D eigenvalue weighted by Gasteiger charge is 2.32. The normalized spacial score (nSPS) is 18.5. The number of piperidine rings is 1. The quantitative estimate of drug-likeness (QED) is 0.758. The molecule has 0 N–H and O–H groups in total. The molecule has 1 aromatic rings. The summed E-state index contributed by atoms with van der Waals surface area (Å²) in [6, 6.07) is 2.34. The molecule has 0 saturated carbocycles. The van der Waals surface area contributed by atoms with Crippen LogP contribution in [-0.4, -0.2) is 23.1 Å². The molecule has 1 aliphatic heterocycles. The minimum Gasteiger partial charge on any atom is -0.444 e. The van der Waals surface area contributed by atoms with E-state index in [1.54, 1.807) is 0 Å². The predicted octanol–water partition coefficient (Wildman–Crippen LogP) is 4.54. The average molecular weight is 333 g/mol. The average Bonchev–Trinajstić information content (AvgIpc) is 2.51. The highest BCUT2D eigenvalue weighted by Crippen LogP contribution is 2.32. The van der Waals surface area contributed by atoms with Crippen molar-refractivity contribution in [1.82, 2.24) is 4.90 Å². The molecule has 1 saturated heterocycles. The van der Waals surface area contributed by atoms with Crippen LogP contribution in [0.3, 0.4) is 0 Å². The van der Waals surface area contributed by atoms with E-state index in [1.807, 2.05) is 25.7 Å². The van der Waals surface area contributed by atoms with E-state index < -0.39 is 5.60 Å². The van der Waals surface area contributed by atoms with Crippen LogP contribution in [0.15, 0.2) is 18.5 Å². The maximum absolute atomic E-state index is 12.6. The van der Waals surface area contributed by atoms with Gasteiger partial charge in [-0.3, -0.25) is 0 Å². The maximum Gasteiger partial charge on any atom is 0.410 e. The topological polar surface area (TPSA) is 33.4 Å². The third-order valence-electron chi connectivity index (χ3n) is 4.36. The van der Waals surface area contributed by atoms with Crippen molar-refractivity contribution in [2.24, 2.45) is 0 Å². The van der Waals surface area contributed by atoms with E-state index in [4.69, 9.17) is 4.74 Å². The van der Waals surface area contributed by atoms with Crippen molar-refractivity contribution < 1.29 is 14.1 Å². The molecule has 2 heterocycles. The molecule has 4 nitrogen and oxygen atoms in total. The van der Waals surface area contributed by atoms with Crippen LogP contribution in [0.2, 0.25) is 0 Å². The Morgan fingerprint density at radius 2 is 2.08 bits per heavy atom. The van der Waals surface area contributed by atoms with Crippen LogP contribution >= 0.6 is 0 Å². The standard InChI is InChI=1S/C20H33N2O2/c1-6-7-11-21-14-16(2)13-17(15-21)18-10-8-9-12-22(18)19(23)24-20(3,4)5/h13-15,18H,6-12H2,1-5H3/q+1. The monoisotopic (exact) mass is 333 g/mol. The smallest absolute Gasteiger partial charge is 0.410 e. The Balaban J connectivity index is 2.23. The fraction of sp³-hybridized carbons (Fsp3) is 0.700. The van der Waals surface area contributed by atoms with E-state index in [2.05, 4.69) is 36.9 Å². The van der Waals surface area contributed by atoms with Gasteiger partial charge in [0.05, 0.1) is 6.04 Å². The SMILES string of the molecule is CCCC[n+]1cc(C)cc(C2CCCCN2C(=O)OC(C)(C)C)c1. The molecule has 1 unspecified atom stereocenters. The number of hydrogen-bond donors (Lipinski definition) is 0. The van der Waals surface area contributed by atoms with Gasteiger partial charge in [0.15, 0.2) is 12.4 Å². The van der Waals surface area contributed by atoms with Gasteiger partial charge in [-0.1, -0.05) is 13.3 Å². The molecule has 24 heavy (non-hydrogen) atoms. The number of aromatic nitrogens is 1. The molecule has 1 fully saturated rings. The summed E-state index contributed by atoms with van der Waals surface area (Å²) >= 11 is 0. The van der Waals surface area contributed by atoms with Crippen LogP contribution < -0.4 is 4.57 Å². The number of pyridine rings is 1. The highest BCUT2D eigenvalue weighted by atomic mass is 16.6. The van der Waals surface area contributed by atoms with Gasteiger partial charge in [0.1, 0.15) is 12.1 Å². The molecular weight excluding hydrogens is 300 g/mol. The lowest BCUT2D eigenvalue weighted by atomic mass is 9.96. The van der Waals surface area contributed by atoms with Crippen molar-refractivity contribution in [1.29, 1.82) is 0 Å². The van der Waals surface area contributed by atoms with Crippen molar-refractivity contribution >= 4 is 6.09 Å². The number of likely N-dealkylation sites (tertiary alicyclic amines) is 1. The van der Waals surface area contributed by atoms with Gasteiger partial charge in [-0.25, -0.2) is 9.36 Å². The summed E-state index contributed by atoms with van der Waals surface area (Å²) in [5.41, 5.74) is 2.03. The summed E-state index contributed by atoms with van der Waals surface area (Å²) in [7, 11) is 0. The fourth-order valence-corrected chi connectivity index (χ4v) is 3.30.